The molecule has 0 radical (unpaired) electrons. The third-order valence-electron chi connectivity index (χ3n) is 6.34. The molecule has 9 heteroatoms. The molecule has 1 unspecified atom stereocenters. The number of hydrogen-bond donors (Lipinski definition) is 1. The number of rotatable bonds is 9. The highest BCUT2D eigenvalue weighted by atomic mass is 19.2. The lowest BCUT2D eigenvalue weighted by Gasteiger charge is -2.26. The highest BCUT2D eigenvalue weighted by Gasteiger charge is 2.47. The second-order valence-electron chi connectivity index (χ2n) is 8.94. The van der Waals surface area contributed by atoms with Crippen molar-refractivity contribution in [2.75, 3.05) is 25.2 Å². The van der Waals surface area contributed by atoms with Gasteiger partial charge in [0.05, 0.1) is 31.9 Å². The van der Waals surface area contributed by atoms with Gasteiger partial charge in [-0.15, -0.1) is 0 Å². The molecule has 1 N–H and O–H groups in total. The number of ether oxygens (including phenoxy) is 3. The highest BCUT2D eigenvalue weighted by Crippen LogP contribution is 2.44. The first-order valence-electron chi connectivity index (χ1n) is 12.5. The van der Waals surface area contributed by atoms with Gasteiger partial charge in [0.2, 0.25) is 0 Å². The number of carbonyl (C=O) groups excluding carboxylic acids is 2. The van der Waals surface area contributed by atoms with E-state index in [1.54, 1.807) is 50.2 Å². The van der Waals surface area contributed by atoms with E-state index in [1.165, 1.54) is 13.2 Å². The zero-order valence-corrected chi connectivity index (χ0v) is 22.1. The fourth-order valence-corrected chi connectivity index (χ4v) is 4.51. The average Bonchev–Trinajstić information content (AvgIpc) is 3.19. The molecule has 204 valence electrons. The molecule has 1 heterocycles. The van der Waals surface area contributed by atoms with Gasteiger partial charge >= 0.3 is 0 Å². The van der Waals surface area contributed by atoms with E-state index in [1.807, 2.05) is 6.92 Å². The zero-order chi connectivity index (χ0) is 28.3. The van der Waals surface area contributed by atoms with Crippen LogP contribution in [0.25, 0.3) is 5.76 Å². The van der Waals surface area contributed by atoms with Crippen molar-refractivity contribution in [3.05, 3.63) is 88.5 Å². The largest absolute Gasteiger partial charge is 0.507 e. The van der Waals surface area contributed by atoms with Crippen LogP contribution in [0.2, 0.25) is 0 Å². The Morgan fingerprint density at radius 3 is 2.31 bits per heavy atom. The van der Waals surface area contributed by atoms with E-state index in [0.29, 0.717) is 41.6 Å². The number of aliphatic hydroxyl groups is 1. The van der Waals surface area contributed by atoms with Crippen LogP contribution in [-0.4, -0.2) is 37.1 Å². The van der Waals surface area contributed by atoms with Gasteiger partial charge < -0.3 is 19.3 Å². The van der Waals surface area contributed by atoms with Crippen molar-refractivity contribution in [1.82, 2.24) is 0 Å². The van der Waals surface area contributed by atoms with Crippen LogP contribution in [0.1, 0.15) is 43.0 Å². The summed E-state index contributed by atoms with van der Waals surface area (Å²) in [5, 5.41) is 11.4. The average molecular weight is 538 g/mol. The lowest BCUT2D eigenvalue weighted by Crippen LogP contribution is -2.29. The van der Waals surface area contributed by atoms with Crippen molar-refractivity contribution in [3.63, 3.8) is 0 Å². The van der Waals surface area contributed by atoms with Crippen molar-refractivity contribution in [2.24, 2.45) is 0 Å². The van der Waals surface area contributed by atoms with Gasteiger partial charge in [-0.2, -0.15) is 0 Å². The summed E-state index contributed by atoms with van der Waals surface area (Å²) in [5.41, 5.74) is 1.15. The van der Waals surface area contributed by atoms with Crippen molar-refractivity contribution in [2.45, 2.75) is 33.2 Å². The van der Waals surface area contributed by atoms with Crippen LogP contribution >= 0.6 is 0 Å². The summed E-state index contributed by atoms with van der Waals surface area (Å²) in [6, 6.07) is 11.5. The predicted molar refractivity (Wildman–Crippen MR) is 142 cm³/mol. The van der Waals surface area contributed by atoms with Crippen LogP contribution in [0.5, 0.6) is 17.2 Å². The molecule has 1 aliphatic heterocycles. The summed E-state index contributed by atoms with van der Waals surface area (Å²) in [6.07, 6.45) is 0.820. The van der Waals surface area contributed by atoms with Crippen LogP contribution in [0.15, 0.2) is 60.2 Å². The third kappa shape index (κ3) is 5.30. The lowest BCUT2D eigenvalue weighted by atomic mass is 9.94. The molecule has 0 spiro atoms. The van der Waals surface area contributed by atoms with Gasteiger partial charge in [0, 0.05) is 17.3 Å². The number of benzene rings is 3. The number of carbonyl (C=O) groups is 2. The Balaban J connectivity index is 1.93. The molecule has 3 aromatic carbocycles. The van der Waals surface area contributed by atoms with Crippen molar-refractivity contribution >= 4 is 23.1 Å². The van der Waals surface area contributed by atoms with Crippen LogP contribution in [0.4, 0.5) is 14.5 Å². The fourth-order valence-electron chi connectivity index (χ4n) is 4.51. The minimum absolute atomic E-state index is 0.0478. The van der Waals surface area contributed by atoms with E-state index in [0.717, 1.165) is 29.0 Å². The third-order valence-corrected chi connectivity index (χ3v) is 6.34. The van der Waals surface area contributed by atoms with Gasteiger partial charge in [0.25, 0.3) is 11.7 Å². The quantitative estimate of drug-likeness (QED) is 0.202. The van der Waals surface area contributed by atoms with Crippen LogP contribution in [0, 0.1) is 18.6 Å². The molecule has 39 heavy (non-hydrogen) atoms. The van der Waals surface area contributed by atoms with Crippen molar-refractivity contribution in [3.8, 4) is 17.2 Å². The molecule has 1 saturated heterocycles. The molecule has 0 bridgehead atoms. The van der Waals surface area contributed by atoms with Crippen LogP contribution < -0.4 is 19.1 Å². The molecule has 3 aromatic rings. The summed E-state index contributed by atoms with van der Waals surface area (Å²) in [6.45, 7) is 6.41. The number of hydrogen-bond acceptors (Lipinski definition) is 6. The number of ketones is 1. The Morgan fingerprint density at radius 2 is 1.67 bits per heavy atom. The first-order chi connectivity index (χ1) is 18.7. The number of aliphatic hydroxyl groups excluding tert-OH is 1. The second kappa shape index (κ2) is 11.6. The van der Waals surface area contributed by atoms with Crippen molar-refractivity contribution in [1.29, 1.82) is 0 Å². The van der Waals surface area contributed by atoms with Gasteiger partial charge in [0.15, 0.2) is 23.1 Å². The molecule has 1 fully saturated rings. The number of anilines is 1. The normalized spacial score (nSPS) is 16.5. The number of Topliss-reactive ketones (excluding diaryl/α,β-unsaturated/α-hetero) is 1. The lowest BCUT2D eigenvalue weighted by molar-refractivity contribution is -0.132. The summed E-state index contributed by atoms with van der Waals surface area (Å²) >= 11 is 0. The molecule has 4 rings (SSSR count). The van der Waals surface area contributed by atoms with Crippen LogP contribution in [0.3, 0.4) is 0 Å². The topological polar surface area (TPSA) is 85.3 Å². The second-order valence-corrected chi connectivity index (χ2v) is 8.94. The monoisotopic (exact) mass is 537 g/mol. The van der Waals surface area contributed by atoms with Crippen molar-refractivity contribution < 1.29 is 37.7 Å². The molecular weight excluding hydrogens is 508 g/mol. The van der Waals surface area contributed by atoms with Gasteiger partial charge in [-0.25, -0.2) is 8.78 Å². The number of amides is 1. The molecule has 1 aliphatic rings. The minimum Gasteiger partial charge on any atom is -0.507 e. The van der Waals surface area contributed by atoms with E-state index >= 15 is 0 Å². The maximum absolute atomic E-state index is 14.2. The number of methoxy groups -OCH3 is 1. The number of nitrogens with zero attached hydrogens (tertiary/aromatic N) is 1. The van der Waals surface area contributed by atoms with Gasteiger partial charge in [-0.05, 0) is 73.9 Å². The fraction of sp³-hybridized carbons (Fsp3) is 0.267. The molecule has 0 saturated carbocycles. The van der Waals surface area contributed by atoms with Gasteiger partial charge in [-0.1, -0.05) is 13.0 Å². The highest BCUT2D eigenvalue weighted by molar-refractivity contribution is 6.51. The van der Waals surface area contributed by atoms with Gasteiger partial charge in [-0.3, -0.25) is 14.5 Å². The molecule has 1 amide bonds. The molecular formula is C30H29F2NO6. The Hall–Kier alpha value is -4.40. The molecule has 7 nitrogen and oxygen atoms in total. The Labute approximate surface area is 225 Å². The van der Waals surface area contributed by atoms with E-state index in [4.69, 9.17) is 14.2 Å². The van der Waals surface area contributed by atoms with E-state index in [9.17, 15) is 23.5 Å². The first kappa shape index (κ1) is 27.6. The SMILES string of the molecule is CCCOc1ccc(/C(O)=C2\C(=O)C(=O)N(c3ccc(F)c(F)c3)C2c2ccc(OC)c(OCC)c2)cc1C. The first-order valence-corrected chi connectivity index (χ1v) is 12.5. The number of aryl methyl sites for hydroxylation is 1. The zero-order valence-electron chi connectivity index (χ0n) is 22.1. The van der Waals surface area contributed by atoms with E-state index in [2.05, 4.69) is 0 Å². The molecule has 0 aliphatic carbocycles. The summed E-state index contributed by atoms with van der Waals surface area (Å²) in [7, 11) is 1.47. The number of halogens is 2. The predicted octanol–water partition coefficient (Wildman–Crippen LogP) is 6.10. The van der Waals surface area contributed by atoms with E-state index in [-0.39, 0.29) is 11.3 Å². The smallest absolute Gasteiger partial charge is 0.300 e. The van der Waals surface area contributed by atoms with E-state index < -0.39 is 35.1 Å². The summed E-state index contributed by atoms with van der Waals surface area (Å²) < 4.78 is 44.7. The Bertz CT molecular complexity index is 1450. The maximum atomic E-state index is 14.2. The van der Waals surface area contributed by atoms with Gasteiger partial charge in [0.1, 0.15) is 11.5 Å². The van der Waals surface area contributed by atoms with Crippen LogP contribution in [-0.2, 0) is 9.59 Å². The maximum Gasteiger partial charge on any atom is 0.300 e. The standard InChI is InChI=1S/C30H29F2NO6/c1-5-13-39-23-11-8-19(14-17(23)3)28(34)26-27(18-7-12-24(37-4)25(15-18)38-6-2)33(30(36)29(26)35)20-9-10-21(31)22(32)16-20/h7-12,14-16,27,34H,5-6,13H2,1-4H3/b28-26+. The summed E-state index contributed by atoms with van der Waals surface area (Å²) in [5.74, 6) is -3.27. The Kier molecular flexibility index (Phi) is 8.18. The minimum atomic E-state index is -1.18. The summed E-state index contributed by atoms with van der Waals surface area (Å²) in [4.78, 5) is 27.8. The Morgan fingerprint density at radius 1 is 0.923 bits per heavy atom. The molecule has 1 atom stereocenters. The molecule has 0 aromatic heterocycles.